The van der Waals surface area contributed by atoms with Crippen molar-refractivity contribution in [3.05, 3.63) is 16.6 Å². The molecule has 0 saturated heterocycles. The third-order valence-electron chi connectivity index (χ3n) is 2.25. The van der Waals surface area contributed by atoms with Crippen LogP contribution in [0.25, 0.3) is 0 Å². The summed E-state index contributed by atoms with van der Waals surface area (Å²) in [6.45, 7) is 11.3. The second-order valence-electron chi connectivity index (χ2n) is 5.65. The van der Waals surface area contributed by atoms with Crippen molar-refractivity contribution in [1.82, 2.24) is 4.37 Å². The first-order chi connectivity index (χ1) is 7.39. The van der Waals surface area contributed by atoms with Gasteiger partial charge in [0.2, 0.25) is 0 Å². The molecule has 0 N–H and O–H groups in total. The molecule has 1 aromatic heterocycles. The zero-order valence-corrected chi connectivity index (χ0v) is 12.7. The highest BCUT2D eigenvalue weighted by atomic mass is 32.2. The Hall–Kier alpha value is -0.0200. The van der Waals surface area contributed by atoms with Crippen molar-refractivity contribution in [3.8, 4) is 0 Å². The summed E-state index contributed by atoms with van der Waals surface area (Å²) in [4.78, 5) is 1.40. The monoisotopic (exact) mass is 257 g/mol. The molecule has 0 aromatic carbocycles. The van der Waals surface area contributed by atoms with Crippen molar-refractivity contribution in [3.63, 3.8) is 0 Å². The smallest absolute Gasteiger partial charge is 0.0553 e. The van der Waals surface area contributed by atoms with E-state index in [0.717, 1.165) is 12.3 Å². The number of hydrogen-bond donors (Lipinski definition) is 0. The number of nitrogens with zero attached hydrogens (tertiary/aromatic N) is 1. The molecule has 0 atom stereocenters. The van der Waals surface area contributed by atoms with Gasteiger partial charge in [0.05, 0.1) is 5.69 Å². The first-order valence-corrected chi connectivity index (χ1v) is 7.86. The maximum Gasteiger partial charge on any atom is 0.0553 e. The Balaban J connectivity index is 2.36. The van der Waals surface area contributed by atoms with Crippen LogP contribution in [-0.4, -0.2) is 15.9 Å². The van der Waals surface area contributed by atoms with Crippen LogP contribution in [0, 0.1) is 5.92 Å². The molecule has 1 heterocycles. The molecule has 0 spiro atoms. The van der Waals surface area contributed by atoms with Crippen molar-refractivity contribution in [2.24, 2.45) is 5.92 Å². The standard InChI is InChI=1S/C13H23NS2/c1-10(2)9-15-7-6-11-8-12(16-14-11)13(3,4)5/h8,10H,6-7,9H2,1-5H3. The van der Waals surface area contributed by atoms with E-state index < -0.39 is 0 Å². The lowest BCUT2D eigenvalue weighted by Crippen LogP contribution is -2.08. The summed E-state index contributed by atoms with van der Waals surface area (Å²) in [7, 11) is 0. The third kappa shape index (κ3) is 4.88. The number of hydrogen-bond acceptors (Lipinski definition) is 3. The molecular weight excluding hydrogens is 234 g/mol. The van der Waals surface area contributed by atoms with E-state index in [9.17, 15) is 0 Å². The summed E-state index contributed by atoms with van der Waals surface area (Å²) in [5, 5.41) is 0. The molecule has 3 heteroatoms. The predicted molar refractivity (Wildman–Crippen MR) is 76.7 cm³/mol. The lowest BCUT2D eigenvalue weighted by atomic mass is 9.94. The first kappa shape index (κ1) is 14.0. The Morgan fingerprint density at radius 3 is 2.56 bits per heavy atom. The van der Waals surface area contributed by atoms with Gasteiger partial charge < -0.3 is 0 Å². The number of aromatic nitrogens is 1. The number of rotatable bonds is 5. The van der Waals surface area contributed by atoms with Crippen molar-refractivity contribution < 1.29 is 0 Å². The van der Waals surface area contributed by atoms with Gasteiger partial charge in [0, 0.05) is 4.88 Å². The van der Waals surface area contributed by atoms with Crippen molar-refractivity contribution in [2.45, 2.75) is 46.5 Å². The van der Waals surface area contributed by atoms with Crippen LogP contribution >= 0.6 is 23.3 Å². The van der Waals surface area contributed by atoms with Gasteiger partial charge in [0.15, 0.2) is 0 Å². The van der Waals surface area contributed by atoms with Crippen molar-refractivity contribution in [1.29, 1.82) is 0 Å². The summed E-state index contributed by atoms with van der Waals surface area (Å²) in [5.41, 5.74) is 1.52. The highest BCUT2D eigenvalue weighted by Gasteiger charge is 2.16. The van der Waals surface area contributed by atoms with E-state index in [0.29, 0.717) is 0 Å². The molecule has 1 nitrogen and oxygen atoms in total. The topological polar surface area (TPSA) is 12.9 Å². The molecule has 0 aliphatic carbocycles. The summed E-state index contributed by atoms with van der Waals surface area (Å²) in [6, 6.07) is 2.28. The van der Waals surface area contributed by atoms with Crippen LogP contribution in [0.15, 0.2) is 6.07 Å². The van der Waals surface area contributed by atoms with Crippen LogP contribution < -0.4 is 0 Å². The third-order valence-corrected chi connectivity index (χ3v) is 4.90. The minimum atomic E-state index is 0.251. The van der Waals surface area contributed by atoms with E-state index >= 15 is 0 Å². The van der Waals surface area contributed by atoms with Crippen LogP contribution in [0.2, 0.25) is 0 Å². The SMILES string of the molecule is CC(C)CSCCc1cc(C(C)(C)C)sn1. The molecule has 1 rings (SSSR count). The van der Waals surface area contributed by atoms with E-state index in [1.165, 1.54) is 22.1 Å². The Bertz CT molecular complexity index is 310. The highest BCUT2D eigenvalue weighted by Crippen LogP contribution is 2.27. The fourth-order valence-corrected chi connectivity index (χ4v) is 3.09. The van der Waals surface area contributed by atoms with Gasteiger partial charge in [-0.2, -0.15) is 16.1 Å². The first-order valence-electron chi connectivity index (χ1n) is 5.93. The van der Waals surface area contributed by atoms with Gasteiger partial charge in [0.25, 0.3) is 0 Å². The van der Waals surface area contributed by atoms with E-state index in [4.69, 9.17) is 0 Å². The molecule has 16 heavy (non-hydrogen) atoms. The van der Waals surface area contributed by atoms with Crippen LogP contribution in [0.5, 0.6) is 0 Å². The lowest BCUT2D eigenvalue weighted by Gasteiger charge is -2.14. The average molecular weight is 257 g/mol. The van der Waals surface area contributed by atoms with Gasteiger partial charge >= 0.3 is 0 Å². The fraction of sp³-hybridized carbons (Fsp3) is 0.769. The van der Waals surface area contributed by atoms with Crippen molar-refractivity contribution in [2.75, 3.05) is 11.5 Å². The maximum atomic E-state index is 4.53. The molecule has 0 amide bonds. The molecule has 0 bridgehead atoms. The number of aryl methyl sites for hydroxylation is 1. The van der Waals surface area contributed by atoms with E-state index in [-0.39, 0.29) is 5.41 Å². The number of thioether (sulfide) groups is 1. The Morgan fingerprint density at radius 1 is 1.38 bits per heavy atom. The fourth-order valence-electron chi connectivity index (χ4n) is 1.28. The van der Waals surface area contributed by atoms with E-state index in [1.54, 1.807) is 11.5 Å². The quantitative estimate of drug-likeness (QED) is 0.726. The van der Waals surface area contributed by atoms with Crippen LogP contribution in [-0.2, 0) is 11.8 Å². The maximum absolute atomic E-state index is 4.53. The summed E-state index contributed by atoms with van der Waals surface area (Å²) in [5.74, 6) is 3.26. The minimum absolute atomic E-state index is 0.251. The second-order valence-corrected chi connectivity index (χ2v) is 7.61. The minimum Gasteiger partial charge on any atom is -0.197 e. The highest BCUT2D eigenvalue weighted by molar-refractivity contribution is 7.99. The van der Waals surface area contributed by atoms with Gasteiger partial charge in [-0.15, -0.1) is 0 Å². The molecule has 0 saturated carbocycles. The Kier molecular flexibility index (Phi) is 5.32. The van der Waals surface area contributed by atoms with Crippen LogP contribution in [0.3, 0.4) is 0 Å². The van der Waals surface area contributed by atoms with Gasteiger partial charge in [-0.25, -0.2) is 0 Å². The van der Waals surface area contributed by atoms with Crippen LogP contribution in [0.1, 0.15) is 45.2 Å². The van der Waals surface area contributed by atoms with Gasteiger partial charge in [-0.05, 0) is 46.9 Å². The molecule has 0 fully saturated rings. The summed E-state index contributed by atoms with van der Waals surface area (Å²) < 4.78 is 4.53. The van der Waals surface area contributed by atoms with E-state index in [2.05, 4.69) is 45.1 Å². The van der Waals surface area contributed by atoms with Gasteiger partial charge in [-0.3, -0.25) is 0 Å². The molecular formula is C13H23NS2. The zero-order chi connectivity index (χ0) is 12.2. The summed E-state index contributed by atoms with van der Waals surface area (Å²) in [6.07, 6.45) is 1.12. The van der Waals surface area contributed by atoms with Gasteiger partial charge in [-0.1, -0.05) is 34.6 Å². The van der Waals surface area contributed by atoms with E-state index in [1.807, 2.05) is 11.8 Å². The average Bonchev–Trinajstić information content (AvgIpc) is 2.59. The normalized spacial score (nSPS) is 12.4. The second kappa shape index (κ2) is 6.06. The zero-order valence-electron chi connectivity index (χ0n) is 11.0. The largest absolute Gasteiger partial charge is 0.197 e. The molecule has 0 aliphatic heterocycles. The lowest BCUT2D eigenvalue weighted by molar-refractivity contribution is 0.603. The molecule has 0 unspecified atom stereocenters. The molecule has 0 radical (unpaired) electrons. The molecule has 1 aromatic rings. The van der Waals surface area contributed by atoms with Crippen molar-refractivity contribution >= 4 is 23.3 Å². The Labute approximate surface area is 108 Å². The predicted octanol–water partition coefficient (Wildman–Crippen LogP) is 4.37. The Morgan fingerprint density at radius 2 is 2.06 bits per heavy atom. The van der Waals surface area contributed by atoms with Crippen LogP contribution in [0.4, 0.5) is 0 Å². The molecule has 92 valence electrons. The summed E-state index contributed by atoms with van der Waals surface area (Å²) >= 11 is 3.70. The van der Waals surface area contributed by atoms with Gasteiger partial charge in [0.1, 0.15) is 0 Å². The molecule has 0 aliphatic rings.